The highest BCUT2D eigenvalue weighted by atomic mass is 16.5. The van der Waals surface area contributed by atoms with Gasteiger partial charge in [-0.15, -0.1) is 0 Å². The summed E-state index contributed by atoms with van der Waals surface area (Å²) in [6.45, 7) is 2.86. The number of likely N-dealkylation sites (N-methyl/N-ethyl adjacent to an activating group) is 1. The lowest BCUT2D eigenvalue weighted by Crippen LogP contribution is -2.56. The Morgan fingerprint density at radius 3 is 2.29 bits per heavy atom. The van der Waals surface area contributed by atoms with E-state index in [9.17, 15) is 9.90 Å². The van der Waals surface area contributed by atoms with Gasteiger partial charge in [0.15, 0.2) is 5.54 Å². The number of carbonyl (C=O) groups is 1. The van der Waals surface area contributed by atoms with Crippen LogP contribution >= 0.6 is 0 Å². The quantitative estimate of drug-likeness (QED) is 0.731. The lowest BCUT2D eigenvalue weighted by molar-refractivity contribution is -0.147. The summed E-state index contributed by atoms with van der Waals surface area (Å²) in [5, 5.41) is 12.4. The minimum atomic E-state index is -0.989. The molecule has 2 N–H and O–H groups in total. The fourth-order valence-electron chi connectivity index (χ4n) is 2.36. The number of rotatable bonds is 9. The highest BCUT2D eigenvalue weighted by Gasteiger charge is 2.51. The van der Waals surface area contributed by atoms with E-state index in [0.29, 0.717) is 12.4 Å². The molecule has 0 spiro atoms. The second kappa shape index (κ2) is 6.80. The monoisotopic (exact) mass is 293 g/mol. The molecule has 0 aromatic heterocycles. The first-order valence-corrected chi connectivity index (χ1v) is 7.40. The third-order valence-corrected chi connectivity index (χ3v) is 3.87. The van der Waals surface area contributed by atoms with Gasteiger partial charge in [0.2, 0.25) is 0 Å². The summed E-state index contributed by atoms with van der Waals surface area (Å²) < 4.78 is 11.2. The molecule has 0 aliphatic heterocycles. The zero-order chi connectivity index (χ0) is 15.3. The highest BCUT2D eigenvalue weighted by Crippen LogP contribution is 2.40. The van der Waals surface area contributed by atoms with Gasteiger partial charge in [-0.25, -0.2) is 0 Å². The van der Waals surface area contributed by atoms with Crippen LogP contribution in [0.3, 0.4) is 0 Å². The number of carboxylic acids is 1. The van der Waals surface area contributed by atoms with Gasteiger partial charge >= 0.3 is 5.97 Å². The second-order valence-corrected chi connectivity index (χ2v) is 5.41. The molecule has 0 bridgehead atoms. The fourth-order valence-corrected chi connectivity index (χ4v) is 2.36. The van der Waals surface area contributed by atoms with Gasteiger partial charge < -0.3 is 19.9 Å². The lowest BCUT2D eigenvalue weighted by atomic mass is 9.94. The van der Waals surface area contributed by atoms with Gasteiger partial charge in [0, 0.05) is 0 Å². The predicted octanol–water partition coefficient (Wildman–Crippen LogP) is 2.31. The van der Waals surface area contributed by atoms with Gasteiger partial charge in [-0.05, 0) is 56.5 Å². The van der Waals surface area contributed by atoms with Gasteiger partial charge in [-0.3, -0.25) is 4.79 Å². The first-order valence-electron chi connectivity index (χ1n) is 7.40. The van der Waals surface area contributed by atoms with E-state index < -0.39 is 11.5 Å². The van der Waals surface area contributed by atoms with Crippen LogP contribution in [0.15, 0.2) is 24.3 Å². The summed E-state index contributed by atoms with van der Waals surface area (Å²) >= 11 is 0. The molecule has 0 radical (unpaired) electrons. The molecular formula is C16H23NO4. The van der Waals surface area contributed by atoms with Crippen molar-refractivity contribution in [2.45, 2.75) is 31.7 Å². The molecule has 0 heterocycles. The van der Waals surface area contributed by atoms with Crippen LogP contribution in [0.5, 0.6) is 11.5 Å². The molecule has 0 saturated heterocycles. The van der Waals surface area contributed by atoms with Gasteiger partial charge in [-0.1, -0.05) is 6.92 Å². The predicted molar refractivity (Wildman–Crippen MR) is 79.9 cm³/mol. The largest absolute Gasteiger partial charge is 0.494 e. The molecule has 116 valence electrons. The average Bonchev–Trinajstić information content (AvgIpc) is 3.32. The number of aliphatic carboxylic acids is 1. The molecule has 1 aliphatic carbocycles. The Morgan fingerprint density at radius 1 is 1.29 bits per heavy atom. The van der Waals surface area contributed by atoms with Crippen LogP contribution in [-0.4, -0.2) is 36.9 Å². The molecule has 1 unspecified atom stereocenters. The molecule has 1 fully saturated rings. The number of nitrogens with one attached hydrogen (secondary N) is 1. The average molecular weight is 293 g/mol. The summed E-state index contributed by atoms with van der Waals surface area (Å²) in [5.74, 6) is 0.743. The molecule has 0 amide bonds. The van der Waals surface area contributed by atoms with E-state index in [1.54, 1.807) is 19.2 Å². The summed E-state index contributed by atoms with van der Waals surface area (Å²) in [5.41, 5.74) is -0.989. The Labute approximate surface area is 125 Å². The Hall–Kier alpha value is -1.75. The van der Waals surface area contributed by atoms with Crippen molar-refractivity contribution < 1.29 is 19.4 Å². The Morgan fingerprint density at radius 2 is 1.86 bits per heavy atom. The maximum absolute atomic E-state index is 11.6. The maximum Gasteiger partial charge on any atom is 0.327 e. The van der Waals surface area contributed by atoms with Gasteiger partial charge in [0.1, 0.15) is 18.1 Å². The molecule has 5 heteroatoms. The number of benzene rings is 1. The highest BCUT2D eigenvalue weighted by molar-refractivity contribution is 5.80. The Bertz CT molecular complexity index is 470. The van der Waals surface area contributed by atoms with E-state index in [1.807, 2.05) is 12.1 Å². The molecule has 1 aromatic carbocycles. The minimum Gasteiger partial charge on any atom is -0.494 e. The topological polar surface area (TPSA) is 67.8 Å². The summed E-state index contributed by atoms with van der Waals surface area (Å²) in [4.78, 5) is 11.6. The van der Waals surface area contributed by atoms with Crippen LogP contribution in [0.4, 0.5) is 0 Å². The van der Waals surface area contributed by atoms with Crippen molar-refractivity contribution in [1.29, 1.82) is 0 Å². The maximum atomic E-state index is 11.6. The standard InChI is InChI=1S/C16H23NO4/c1-3-10-20-13-6-8-14(9-7-13)21-11-16(17-2,15(18)19)12-4-5-12/h6-9,12,17H,3-5,10-11H2,1-2H3,(H,18,19). The molecule has 1 saturated carbocycles. The molecular weight excluding hydrogens is 270 g/mol. The van der Waals surface area contributed by atoms with Gasteiger partial charge in [0.25, 0.3) is 0 Å². The zero-order valence-corrected chi connectivity index (χ0v) is 12.6. The van der Waals surface area contributed by atoms with Gasteiger partial charge in [-0.2, -0.15) is 0 Å². The van der Waals surface area contributed by atoms with Crippen LogP contribution in [0.1, 0.15) is 26.2 Å². The Kier molecular flexibility index (Phi) is 5.07. The van der Waals surface area contributed by atoms with E-state index >= 15 is 0 Å². The van der Waals surface area contributed by atoms with Crippen molar-refractivity contribution in [3.8, 4) is 11.5 Å². The number of hydrogen-bond donors (Lipinski definition) is 2. The normalized spacial score (nSPS) is 17.0. The van der Waals surface area contributed by atoms with E-state index in [0.717, 1.165) is 25.0 Å². The summed E-state index contributed by atoms with van der Waals surface area (Å²) in [6, 6.07) is 7.29. The van der Waals surface area contributed by atoms with Crippen molar-refractivity contribution in [3.63, 3.8) is 0 Å². The first-order chi connectivity index (χ1) is 10.1. The lowest BCUT2D eigenvalue weighted by Gasteiger charge is -2.28. The van der Waals surface area contributed by atoms with Crippen LogP contribution in [0.2, 0.25) is 0 Å². The molecule has 2 rings (SSSR count). The first kappa shape index (κ1) is 15.6. The summed E-state index contributed by atoms with van der Waals surface area (Å²) in [7, 11) is 1.68. The molecule has 21 heavy (non-hydrogen) atoms. The van der Waals surface area contributed by atoms with Crippen molar-refractivity contribution in [2.24, 2.45) is 5.92 Å². The zero-order valence-electron chi connectivity index (χ0n) is 12.6. The smallest absolute Gasteiger partial charge is 0.327 e. The molecule has 1 atom stereocenters. The van der Waals surface area contributed by atoms with Crippen molar-refractivity contribution in [3.05, 3.63) is 24.3 Å². The molecule has 1 aliphatic rings. The minimum absolute atomic E-state index is 0.124. The van der Waals surface area contributed by atoms with Crippen LogP contribution in [0, 0.1) is 5.92 Å². The fraction of sp³-hybridized carbons (Fsp3) is 0.562. The van der Waals surface area contributed by atoms with Gasteiger partial charge in [0.05, 0.1) is 6.61 Å². The Balaban J connectivity index is 1.96. The SMILES string of the molecule is CCCOc1ccc(OCC(NC)(C(=O)O)C2CC2)cc1. The van der Waals surface area contributed by atoms with Crippen LogP contribution < -0.4 is 14.8 Å². The second-order valence-electron chi connectivity index (χ2n) is 5.41. The van der Waals surface area contributed by atoms with Crippen LogP contribution in [0.25, 0.3) is 0 Å². The third-order valence-electron chi connectivity index (χ3n) is 3.87. The molecule has 1 aromatic rings. The number of ether oxygens (including phenoxy) is 2. The van der Waals surface area contributed by atoms with Crippen LogP contribution in [-0.2, 0) is 4.79 Å². The number of hydrogen-bond acceptors (Lipinski definition) is 4. The van der Waals surface area contributed by atoms with E-state index in [2.05, 4.69) is 12.2 Å². The number of carboxylic acid groups (broad SMARTS) is 1. The van der Waals surface area contributed by atoms with Crippen molar-refractivity contribution in [2.75, 3.05) is 20.3 Å². The van der Waals surface area contributed by atoms with E-state index in [1.165, 1.54) is 0 Å². The van der Waals surface area contributed by atoms with E-state index in [4.69, 9.17) is 9.47 Å². The van der Waals surface area contributed by atoms with Crippen molar-refractivity contribution in [1.82, 2.24) is 5.32 Å². The third kappa shape index (κ3) is 3.67. The molecule has 5 nitrogen and oxygen atoms in total. The summed E-state index contributed by atoms with van der Waals surface area (Å²) in [6.07, 6.45) is 2.82. The van der Waals surface area contributed by atoms with E-state index in [-0.39, 0.29) is 12.5 Å². The van der Waals surface area contributed by atoms with Crippen molar-refractivity contribution >= 4 is 5.97 Å².